The topological polar surface area (TPSA) is 84.5 Å². The van der Waals surface area contributed by atoms with Crippen molar-refractivity contribution in [2.75, 3.05) is 17.1 Å². The fourth-order valence-corrected chi connectivity index (χ4v) is 4.53. The summed E-state index contributed by atoms with van der Waals surface area (Å²) in [6, 6.07) is 11.3. The lowest BCUT2D eigenvalue weighted by atomic mass is 10.1. The summed E-state index contributed by atoms with van der Waals surface area (Å²) in [5.41, 5.74) is 0.830. The molecule has 2 N–H and O–H groups in total. The van der Waals surface area contributed by atoms with E-state index in [-0.39, 0.29) is 22.5 Å². The van der Waals surface area contributed by atoms with Crippen LogP contribution in [0, 0.1) is 5.92 Å². The Labute approximate surface area is 173 Å². The number of carbonyl (C=O) groups excluding carboxylic acids is 1. The lowest BCUT2D eigenvalue weighted by Gasteiger charge is -2.14. The zero-order chi connectivity index (χ0) is 20.1. The molecule has 28 heavy (non-hydrogen) atoms. The van der Waals surface area contributed by atoms with E-state index in [0.29, 0.717) is 17.8 Å². The quantitative estimate of drug-likeness (QED) is 0.588. The first-order valence-electron chi connectivity index (χ1n) is 8.80. The van der Waals surface area contributed by atoms with E-state index in [0.717, 1.165) is 17.3 Å². The monoisotopic (exact) mass is 464 g/mol. The summed E-state index contributed by atoms with van der Waals surface area (Å²) >= 11 is 3.31. The van der Waals surface area contributed by atoms with Crippen LogP contribution in [0.5, 0.6) is 5.75 Å². The average Bonchev–Trinajstić information content (AvgIpc) is 3.16. The maximum atomic E-state index is 12.9. The highest BCUT2D eigenvalue weighted by Crippen LogP contribution is 2.29. The number of allylic oxidation sites excluding steroid dienone is 2. The molecule has 0 saturated heterocycles. The maximum absolute atomic E-state index is 12.9. The lowest BCUT2D eigenvalue weighted by molar-refractivity contribution is -0.116. The smallest absolute Gasteiger partial charge is 0.265 e. The first-order valence-corrected chi connectivity index (χ1v) is 11.1. The van der Waals surface area contributed by atoms with Gasteiger partial charge in [-0.05, 0) is 61.2 Å². The molecule has 0 fully saturated rings. The molecule has 6 nitrogen and oxygen atoms in total. The van der Waals surface area contributed by atoms with Crippen molar-refractivity contribution in [2.24, 2.45) is 5.92 Å². The van der Waals surface area contributed by atoms with Gasteiger partial charge in [-0.2, -0.15) is 0 Å². The van der Waals surface area contributed by atoms with Gasteiger partial charge in [-0.25, -0.2) is 8.42 Å². The number of nitrogens with one attached hydrogen (secondary N) is 2. The fourth-order valence-electron chi connectivity index (χ4n) is 3.01. The van der Waals surface area contributed by atoms with Gasteiger partial charge in [0.2, 0.25) is 5.91 Å². The number of methoxy groups -OCH3 is 1. The average molecular weight is 465 g/mol. The second-order valence-electron chi connectivity index (χ2n) is 6.50. The number of sulfonamides is 1. The van der Waals surface area contributed by atoms with Gasteiger partial charge in [-0.3, -0.25) is 9.52 Å². The molecular formula is C20H21BrN2O4S. The second kappa shape index (κ2) is 8.79. The van der Waals surface area contributed by atoms with Crippen LogP contribution in [-0.4, -0.2) is 21.4 Å². The number of hydrogen-bond acceptors (Lipinski definition) is 4. The Kier molecular flexibility index (Phi) is 6.41. The Hall–Kier alpha value is -2.32. The number of anilines is 2. The Morgan fingerprint density at radius 3 is 2.54 bits per heavy atom. The number of ether oxygens (including phenoxy) is 1. The van der Waals surface area contributed by atoms with Crippen molar-refractivity contribution in [3.63, 3.8) is 0 Å². The summed E-state index contributed by atoms with van der Waals surface area (Å²) < 4.78 is 34.3. The fraction of sp³-hybridized carbons (Fsp3) is 0.250. The first-order chi connectivity index (χ1) is 13.4. The first kappa shape index (κ1) is 20.4. The number of amides is 1. The van der Waals surface area contributed by atoms with Crippen LogP contribution in [-0.2, 0) is 14.8 Å². The summed E-state index contributed by atoms with van der Waals surface area (Å²) in [5, 5.41) is 2.78. The lowest BCUT2D eigenvalue weighted by Crippen LogP contribution is -2.17. The second-order valence-corrected chi connectivity index (χ2v) is 9.06. The molecule has 2 aromatic rings. The van der Waals surface area contributed by atoms with Gasteiger partial charge in [0.15, 0.2) is 0 Å². The van der Waals surface area contributed by atoms with Crippen LogP contribution in [0.3, 0.4) is 0 Å². The normalized spacial score (nSPS) is 16.0. The van der Waals surface area contributed by atoms with Crippen molar-refractivity contribution in [3.8, 4) is 5.75 Å². The van der Waals surface area contributed by atoms with Crippen LogP contribution in [0.15, 0.2) is 64.0 Å². The van der Waals surface area contributed by atoms with Crippen LogP contribution in [0.2, 0.25) is 0 Å². The van der Waals surface area contributed by atoms with Gasteiger partial charge in [0.25, 0.3) is 10.0 Å². The molecule has 148 valence electrons. The van der Waals surface area contributed by atoms with Crippen molar-refractivity contribution < 1.29 is 17.9 Å². The van der Waals surface area contributed by atoms with E-state index in [9.17, 15) is 13.2 Å². The molecule has 1 unspecified atom stereocenters. The van der Waals surface area contributed by atoms with Crippen molar-refractivity contribution in [1.82, 2.24) is 0 Å². The molecule has 8 heteroatoms. The largest absolute Gasteiger partial charge is 0.495 e. The highest BCUT2D eigenvalue weighted by molar-refractivity contribution is 9.10. The molecule has 0 radical (unpaired) electrons. The van der Waals surface area contributed by atoms with Crippen molar-refractivity contribution in [3.05, 3.63) is 59.1 Å². The van der Waals surface area contributed by atoms with Crippen LogP contribution in [0.1, 0.15) is 19.3 Å². The Morgan fingerprint density at radius 1 is 1.18 bits per heavy atom. The molecule has 0 aromatic heterocycles. The standard InChI is InChI=1S/C20H21BrN2O4S/c1-27-18-11-10-17(22-20(24)12-14-4-2-3-5-14)13-19(18)28(25,26)23-16-8-6-15(21)7-9-16/h2,4,6-11,13-14,23H,3,5,12H2,1H3,(H,22,24). The van der Waals surface area contributed by atoms with E-state index in [4.69, 9.17) is 4.74 Å². The molecule has 1 aliphatic carbocycles. The molecule has 2 aromatic carbocycles. The van der Waals surface area contributed by atoms with Gasteiger partial charge in [-0.15, -0.1) is 0 Å². The minimum absolute atomic E-state index is 0.0449. The van der Waals surface area contributed by atoms with Gasteiger partial charge >= 0.3 is 0 Å². The molecule has 1 aliphatic rings. The number of hydrogen-bond donors (Lipinski definition) is 2. The van der Waals surface area contributed by atoms with Crippen LogP contribution in [0.4, 0.5) is 11.4 Å². The zero-order valence-electron chi connectivity index (χ0n) is 15.3. The Bertz CT molecular complexity index is 988. The molecule has 0 spiro atoms. The third kappa shape index (κ3) is 5.14. The summed E-state index contributed by atoms with van der Waals surface area (Å²) in [6.45, 7) is 0. The van der Waals surface area contributed by atoms with E-state index in [1.165, 1.54) is 19.2 Å². The number of rotatable bonds is 7. The Morgan fingerprint density at radius 2 is 1.89 bits per heavy atom. The Balaban J connectivity index is 1.80. The predicted molar refractivity (Wildman–Crippen MR) is 113 cm³/mol. The molecule has 1 atom stereocenters. The molecule has 0 heterocycles. The summed E-state index contributed by atoms with van der Waals surface area (Å²) in [6.07, 6.45) is 6.45. The molecule has 0 aliphatic heterocycles. The van der Waals surface area contributed by atoms with Gasteiger partial charge in [0, 0.05) is 22.3 Å². The molecule has 1 amide bonds. The minimum Gasteiger partial charge on any atom is -0.495 e. The van der Waals surface area contributed by atoms with Crippen molar-refractivity contribution in [2.45, 2.75) is 24.2 Å². The molecular weight excluding hydrogens is 444 g/mol. The molecule has 0 bridgehead atoms. The summed E-state index contributed by atoms with van der Waals surface area (Å²) in [5.74, 6) is 0.285. The van der Waals surface area contributed by atoms with Gasteiger partial charge in [-0.1, -0.05) is 28.1 Å². The van der Waals surface area contributed by atoms with Crippen LogP contribution < -0.4 is 14.8 Å². The van der Waals surface area contributed by atoms with E-state index in [1.807, 2.05) is 6.08 Å². The van der Waals surface area contributed by atoms with Crippen LogP contribution >= 0.6 is 15.9 Å². The van der Waals surface area contributed by atoms with Crippen LogP contribution in [0.25, 0.3) is 0 Å². The van der Waals surface area contributed by atoms with E-state index in [2.05, 4.69) is 32.0 Å². The molecule has 0 saturated carbocycles. The maximum Gasteiger partial charge on any atom is 0.265 e. The predicted octanol–water partition coefficient (Wildman–Crippen LogP) is 4.55. The van der Waals surface area contributed by atoms with Gasteiger partial charge in [0.1, 0.15) is 10.6 Å². The summed E-state index contributed by atoms with van der Waals surface area (Å²) in [7, 11) is -2.50. The number of benzene rings is 2. The number of carbonyl (C=O) groups is 1. The minimum atomic E-state index is -3.90. The van der Waals surface area contributed by atoms with E-state index < -0.39 is 10.0 Å². The van der Waals surface area contributed by atoms with Crippen molar-refractivity contribution in [1.29, 1.82) is 0 Å². The van der Waals surface area contributed by atoms with Gasteiger partial charge in [0.05, 0.1) is 7.11 Å². The SMILES string of the molecule is COc1ccc(NC(=O)CC2C=CCC2)cc1S(=O)(=O)Nc1ccc(Br)cc1. The van der Waals surface area contributed by atoms with E-state index in [1.54, 1.807) is 30.3 Å². The summed E-state index contributed by atoms with van der Waals surface area (Å²) in [4.78, 5) is 12.2. The number of halogens is 1. The third-order valence-corrected chi connectivity index (χ3v) is 6.32. The van der Waals surface area contributed by atoms with Gasteiger partial charge < -0.3 is 10.1 Å². The van der Waals surface area contributed by atoms with E-state index >= 15 is 0 Å². The third-order valence-electron chi connectivity index (χ3n) is 4.39. The highest BCUT2D eigenvalue weighted by Gasteiger charge is 2.21. The molecule has 3 rings (SSSR count). The zero-order valence-corrected chi connectivity index (χ0v) is 17.7. The highest BCUT2D eigenvalue weighted by atomic mass is 79.9. The van der Waals surface area contributed by atoms with Crippen molar-refractivity contribution >= 4 is 43.2 Å².